The van der Waals surface area contributed by atoms with Crippen LogP contribution in [0.5, 0.6) is 0 Å². The molecule has 0 radical (unpaired) electrons. The standard InChI is InChI=1S/C8H10.C4H10O.C2H3N/c1-7-5-3-4-6-8(7)2;1-3-5-4-2;1-2-3/h3-6H,1-2H3;3-4H2,1-2H3;1H3. The van der Waals surface area contributed by atoms with Gasteiger partial charge >= 0.3 is 0 Å². The number of hydrogen-bond acceptors (Lipinski definition) is 2. The van der Waals surface area contributed by atoms with Gasteiger partial charge in [0.25, 0.3) is 0 Å². The first-order valence-electron chi connectivity index (χ1n) is 5.54. The third-order valence-electron chi connectivity index (χ3n) is 1.83. The van der Waals surface area contributed by atoms with Gasteiger partial charge in [-0.2, -0.15) is 5.26 Å². The maximum absolute atomic E-state index is 7.32. The van der Waals surface area contributed by atoms with Gasteiger partial charge in [0, 0.05) is 20.1 Å². The van der Waals surface area contributed by atoms with Crippen LogP contribution in [0, 0.1) is 25.2 Å². The molecule has 0 aliphatic rings. The van der Waals surface area contributed by atoms with Crippen LogP contribution in [-0.4, -0.2) is 13.2 Å². The van der Waals surface area contributed by atoms with Crippen molar-refractivity contribution in [2.75, 3.05) is 13.2 Å². The molecule has 0 unspecified atom stereocenters. The lowest BCUT2D eigenvalue weighted by molar-refractivity contribution is 0.162. The summed E-state index contributed by atoms with van der Waals surface area (Å²) >= 11 is 0. The van der Waals surface area contributed by atoms with E-state index in [4.69, 9.17) is 10.00 Å². The molecule has 2 heteroatoms. The highest BCUT2D eigenvalue weighted by Crippen LogP contribution is 2.02. The number of nitriles is 1. The molecule has 0 saturated carbocycles. The Morgan fingerprint density at radius 2 is 1.38 bits per heavy atom. The minimum atomic E-state index is 0.844. The predicted molar refractivity (Wildman–Crippen MR) is 69.4 cm³/mol. The summed E-state index contributed by atoms with van der Waals surface area (Å²) < 4.78 is 4.83. The fraction of sp³-hybridized carbons (Fsp3) is 0.500. The van der Waals surface area contributed by atoms with Crippen molar-refractivity contribution in [1.29, 1.82) is 5.26 Å². The van der Waals surface area contributed by atoms with Crippen molar-refractivity contribution in [1.82, 2.24) is 0 Å². The van der Waals surface area contributed by atoms with Gasteiger partial charge in [-0.25, -0.2) is 0 Å². The van der Waals surface area contributed by atoms with Gasteiger partial charge in [0.05, 0.1) is 6.07 Å². The minimum absolute atomic E-state index is 0.844. The maximum atomic E-state index is 7.32. The Labute approximate surface area is 99.9 Å². The summed E-state index contributed by atoms with van der Waals surface area (Å²) in [6.45, 7) is 11.3. The maximum Gasteiger partial charge on any atom is 0.0587 e. The Balaban J connectivity index is 0. The monoisotopic (exact) mass is 221 g/mol. The average molecular weight is 221 g/mol. The molecule has 90 valence electrons. The molecule has 0 fully saturated rings. The summed E-state index contributed by atoms with van der Waals surface area (Å²) in [5, 5.41) is 7.32. The van der Waals surface area contributed by atoms with Gasteiger partial charge in [0.15, 0.2) is 0 Å². The molecular formula is C14H23NO. The van der Waals surface area contributed by atoms with Crippen LogP contribution in [-0.2, 0) is 4.74 Å². The highest BCUT2D eigenvalue weighted by molar-refractivity contribution is 5.23. The number of aryl methyl sites for hydroxylation is 2. The van der Waals surface area contributed by atoms with E-state index in [1.807, 2.05) is 13.8 Å². The summed E-state index contributed by atoms with van der Waals surface area (Å²) in [5.41, 5.74) is 2.74. The van der Waals surface area contributed by atoms with Crippen molar-refractivity contribution in [3.05, 3.63) is 35.4 Å². The molecule has 0 bridgehead atoms. The van der Waals surface area contributed by atoms with Crippen LogP contribution in [0.25, 0.3) is 0 Å². The number of hydrogen-bond donors (Lipinski definition) is 0. The van der Waals surface area contributed by atoms with Crippen molar-refractivity contribution in [2.24, 2.45) is 0 Å². The third-order valence-corrected chi connectivity index (χ3v) is 1.83. The summed E-state index contributed by atoms with van der Waals surface area (Å²) in [6.07, 6.45) is 0. The van der Waals surface area contributed by atoms with Crippen LogP contribution in [0.15, 0.2) is 24.3 Å². The molecule has 0 spiro atoms. The average Bonchev–Trinajstić information content (AvgIpc) is 2.26. The van der Waals surface area contributed by atoms with E-state index >= 15 is 0 Å². The first-order valence-corrected chi connectivity index (χ1v) is 5.54. The van der Waals surface area contributed by atoms with E-state index in [9.17, 15) is 0 Å². The second kappa shape index (κ2) is 13.7. The molecule has 0 saturated heterocycles. The minimum Gasteiger partial charge on any atom is -0.382 e. The summed E-state index contributed by atoms with van der Waals surface area (Å²) in [5.74, 6) is 0. The van der Waals surface area contributed by atoms with Crippen molar-refractivity contribution in [3.63, 3.8) is 0 Å². The van der Waals surface area contributed by atoms with Crippen molar-refractivity contribution in [3.8, 4) is 6.07 Å². The predicted octanol–water partition coefficient (Wildman–Crippen LogP) is 3.88. The lowest BCUT2D eigenvalue weighted by Crippen LogP contribution is -1.84. The van der Waals surface area contributed by atoms with Gasteiger partial charge in [-0.05, 0) is 38.8 Å². The number of nitrogens with zero attached hydrogens (tertiary/aromatic N) is 1. The van der Waals surface area contributed by atoms with E-state index < -0.39 is 0 Å². The number of benzene rings is 1. The Hall–Kier alpha value is -1.33. The van der Waals surface area contributed by atoms with E-state index in [1.165, 1.54) is 18.1 Å². The van der Waals surface area contributed by atoms with Crippen LogP contribution in [0.3, 0.4) is 0 Å². The van der Waals surface area contributed by atoms with E-state index in [0.717, 1.165) is 13.2 Å². The zero-order valence-corrected chi connectivity index (χ0v) is 11.1. The van der Waals surface area contributed by atoms with Gasteiger partial charge in [-0.15, -0.1) is 0 Å². The smallest absolute Gasteiger partial charge is 0.0587 e. The van der Waals surface area contributed by atoms with Gasteiger partial charge in [0.2, 0.25) is 0 Å². The van der Waals surface area contributed by atoms with E-state index in [-0.39, 0.29) is 0 Å². The molecule has 16 heavy (non-hydrogen) atoms. The second-order valence-electron chi connectivity index (χ2n) is 3.09. The highest BCUT2D eigenvalue weighted by Gasteiger charge is 1.83. The van der Waals surface area contributed by atoms with E-state index in [1.54, 1.807) is 6.07 Å². The van der Waals surface area contributed by atoms with Gasteiger partial charge in [-0.1, -0.05) is 24.3 Å². The summed E-state index contributed by atoms with van der Waals surface area (Å²) in [6, 6.07) is 10.1. The van der Waals surface area contributed by atoms with Crippen LogP contribution in [0.2, 0.25) is 0 Å². The number of ether oxygens (including phenoxy) is 1. The zero-order chi connectivity index (χ0) is 12.8. The second-order valence-corrected chi connectivity index (χ2v) is 3.09. The molecule has 0 aliphatic heterocycles. The first kappa shape index (κ1) is 17.1. The normalized spacial score (nSPS) is 7.75. The van der Waals surface area contributed by atoms with Gasteiger partial charge in [-0.3, -0.25) is 0 Å². The SMILES string of the molecule is CC#N.CCOCC.Cc1ccccc1C. The molecule has 0 N–H and O–H groups in total. The zero-order valence-electron chi connectivity index (χ0n) is 11.1. The number of rotatable bonds is 2. The van der Waals surface area contributed by atoms with Crippen molar-refractivity contribution >= 4 is 0 Å². The Morgan fingerprint density at radius 1 is 1.06 bits per heavy atom. The molecule has 0 amide bonds. The van der Waals surface area contributed by atoms with Gasteiger partial charge in [0.1, 0.15) is 0 Å². The first-order chi connectivity index (χ1) is 7.63. The quantitative estimate of drug-likeness (QED) is 0.759. The highest BCUT2D eigenvalue weighted by atomic mass is 16.5. The van der Waals surface area contributed by atoms with Crippen LogP contribution < -0.4 is 0 Å². The molecule has 0 aliphatic carbocycles. The van der Waals surface area contributed by atoms with Crippen LogP contribution >= 0.6 is 0 Å². The fourth-order valence-electron chi connectivity index (χ4n) is 0.867. The van der Waals surface area contributed by atoms with E-state index in [0.29, 0.717) is 0 Å². The Kier molecular flexibility index (Phi) is 14.6. The molecular weight excluding hydrogens is 198 g/mol. The third kappa shape index (κ3) is 12.7. The van der Waals surface area contributed by atoms with Crippen LogP contribution in [0.1, 0.15) is 31.9 Å². The van der Waals surface area contributed by atoms with Gasteiger partial charge < -0.3 is 4.74 Å². The van der Waals surface area contributed by atoms with Crippen molar-refractivity contribution < 1.29 is 4.74 Å². The molecule has 0 heterocycles. The molecule has 1 aromatic rings. The molecule has 0 aromatic heterocycles. The summed E-state index contributed by atoms with van der Waals surface area (Å²) in [4.78, 5) is 0. The fourth-order valence-corrected chi connectivity index (χ4v) is 0.867. The molecule has 1 rings (SSSR count). The Bertz CT molecular complexity index is 266. The van der Waals surface area contributed by atoms with Crippen LogP contribution in [0.4, 0.5) is 0 Å². The lowest BCUT2D eigenvalue weighted by atomic mass is 10.1. The molecule has 1 aromatic carbocycles. The molecule has 2 nitrogen and oxygen atoms in total. The Morgan fingerprint density at radius 3 is 1.50 bits per heavy atom. The summed E-state index contributed by atoms with van der Waals surface area (Å²) in [7, 11) is 0. The largest absolute Gasteiger partial charge is 0.382 e. The lowest BCUT2D eigenvalue weighted by Gasteiger charge is -1.93. The topological polar surface area (TPSA) is 33.0 Å². The van der Waals surface area contributed by atoms with Crippen molar-refractivity contribution in [2.45, 2.75) is 34.6 Å². The molecule has 0 atom stereocenters. The van der Waals surface area contributed by atoms with E-state index in [2.05, 4.69) is 38.1 Å².